The van der Waals surface area contributed by atoms with Gasteiger partial charge in [-0.05, 0) is 19.1 Å². The minimum Gasteiger partial charge on any atom is -0.491 e. The van der Waals surface area contributed by atoms with Crippen molar-refractivity contribution in [3.05, 3.63) is 28.7 Å². The van der Waals surface area contributed by atoms with Crippen LogP contribution in [0.15, 0.2) is 23.1 Å². The van der Waals surface area contributed by atoms with Gasteiger partial charge in [0.25, 0.3) is 5.56 Å². The van der Waals surface area contributed by atoms with Gasteiger partial charge in [-0.2, -0.15) is 0 Å². The van der Waals surface area contributed by atoms with E-state index in [1.165, 1.54) is 26.3 Å². The van der Waals surface area contributed by atoms with Gasteiger partial charge in [0.1, 0.15) is 6.04 Å². The summed E-state index contributed by atoms with van der Waals surface area (Å²) in [5.41, 5.74) is -0.440. The molecule has 5 nitrogen and oxygen atoms in total. The second kappa shape index (κ2) is 3.95. The number of ether oxygens (including phenoxy) is 1. The summed E-state index contributed by atoms with van der Waals surface area (Å²) in [4.78, 5) is 22.2. The van der Waals surface area contributed by atoms with Gasteiger partial charge in [0.2, 0.25) is 0 Å². The Labute approximate surface area is 80.6 Å². The standard InChI is InChI=1S/C9H11NO4/c1-6(9(12)13)10-5-3-4-7(14-2)8(10)11/h3-6H,1-2H3,(H,12,13)/t6-/m1/s1. The number of carboxylic acids is 1. The maximum Gasteiger partial charge on any atom is 0.326 e. The summed E-state index contributed by atoms with van der Waals surface area (Å²) in [7, 11) is 1.37. The lowest BCUT2D eigenvalue weighted by Gasteiger charge is -2.10. The molecule has 0 bridgehead atoms. The molecule has 0 saturated heterocycles. The Morgan fingerprint density at radius 2 is 2.29 bits per heavy atom. The Hall–Kier alpha value is -1.78. The first-order valence-corrected chi connectivity index (χ1v) is 4.06. The molecule has 1 atom stereocenters. The van der Waals surface area contributed by atoms with E-state index in [0.717, 1.165) is 4.57 Å². The summed E-state index contributed by atoms with van der Waals surface area (Å²) < 4.78 is 5.90. The largest absolute Gasteiger partial charge is 0.491 e. The van der Waals surface area contributed by atoms with Crippen molar-refractivity contribution in [2.45, 2.75) is 13.0 Å². The van der Waals surface area contributed by atoms with Crippen molar-refractivity contribution in [2.24, 2.45) is 0 Å². The summed E-state index contributed by atoms with van der Waals surface area (Å²) in [5, 5.41) is 8.72. The van der Waals surface area contributed by atoms with Crippen molar-refractivity contribution in [3.8, 4) is 5.75 Å². The number of methoxy groups -OCH3 is 1. The van der Waals surface area contributed by atoms with Gasteiger partial charge in [0, 0.05) is 6.20 Å². The van der Waals surface area contributed by atoms with Crippen LogP contribution in [0.25, 0.3) is 0 Å². The molecule has 0 radical (unpaired) electrons. The summed E-state index contributed by atoms with van der Waals surface area (Å²) >= 11 is 0. The highest BCUT2D eigenvalue weighted by Crippen LogP contribution is 2.06. The minimum absolute atomic E-state index is 0.139. The van der Waals surface area contributed by atoms with E-state index >= 15 is 0 Å². The predicted molar refractivity (Wildman–Crippen MR) is 49.6 cm³/mol. The van der Waals surface area contributed by atoms with Crippen LogP contribution in [0, 0.1) is 0 Å². The number of nitrogens with zero attached hydrogens (tertiary/aromatic N) is 1. The monoisotopic (exact) mass is 197 g/mol. The molecule has 1 rings (SSSR count). The first-order valence-electron chi connectivity index (χ1n) is 4.06. The fourth-order valence-electron chi connectivity index (χ4n) is 1.07. The number of pyridine rings is 1. The van der Waals surface area contributed by atoms with Crippen LogP contribution in [0.3, 0.4) is 0 Å². The third-order valence-corrected chi connectivity index (χ3v) is 1.93. The summed E-state index contributed by atoms with van der Waals surface area (Å²) in [6.45, 7) is 1.43. The van der Waals surface area contributed by atoms with Crippen LogP contribution in [-0.2, 0) is 4.79 Å². The maximum absolute atomic E-state index is 11.5. The molecule has 0 aromatic carbocycles. The second-order valence-electron chi connectivity index (χ2n) is 2.80. The second-order valence-corrected chi connectivity index (χ2v) is 2.80. The molecule has 0 unspecified atom stereocenters. The van der Waals surface area contributed by atoms with Crippen LogP contribution in [0.1, 0.15) is 13.0 Å². The average Bonchev–Trinajstić information content (AvgIpc) is 2.17. The normalized spacial score (nSPS) is 12.1. The van der Waals surface area contributed by atoms with Gasteiger partial charge in [0.15, 0.2) is 5.75 Å². The predicted octanol–water partition coefficient (Wildman–Crippen LogP) is 0.502. The number of hydrogen-bond acceptors (Lipinski definition) is 3. The van der Waals surface area contributed by atoms with Gasteiger partial charge in [-0.15, -0.1) is 0 Å². The topological polar surface area (TPSA) is 68.5 Å². The molecule has 0 aliphatic rings. The summed E-state index contributed by atoms with van der Waals surface area (Å²) in [6.07, 6.45) is 1.42. The molecular formula is C9H11NO4. The molecule has 1 aromatic heterocycles. The van der Waals surface area contributed by atoms with E-state index in [4.69, 9.17) is 9.84 Å². The van der Waals surface area contributed by atoms with Crippen LogP contribution in [0.4, 0.5) is 0 Å². The van der Waals surface area contributed by atoms with E-state index in [1.54, 1.807) is 6.07 Å². The van der Waals surface area contributed by atoms with Gasteiger partial charge in [0.05, 0.1) is 7.11 Å². The zero-order valence-electron chi connectivity index (χ0n) is 7.93. The molecule has 0 spiro atoms. The van der Waals surface area contributed by atoms with Crippen molar-refractivity contribution in [3.63, 3.8) is 0 Å². The summed E-state index contributed by atoms with van der Waals surface area (Å²) in [6, 6.07) is 2.17. The molecular weight excluding hydrogens is 186 g/mol. The van der Waals surface area contributed by atoms with E-state index in [1.807, 2.05) is 0 Å². The Morgan fingerprint density at radius 3 is 2.79 bits per heavy atom. The third kappa shape index (κ3) is 1.76. The first kappa shape index (κ1) is 10.3. The number of aliphatic carboxylic acids is 1. The molecule has 76 valence electrons. The van der Waals surface area contributed by atoms with Gasteiger partial charge >= 0.3 is 5.97 Å². The fraction of sp³-hybridized carbons (Fsp3) is 0.333. The zero-order valence-corrected chi connectivity index (χ0v) is 7.93. The summed E-state index contributed by atoms with van der Waals surface area (Å²) in [5.74, 6) is -0.916. The Bertz CT molecular complexity index is 396. The molecule has 1 heterocycles. The highest BCUT2D eigenvalue weighted by atomic mass is 16.5. The molecule has 0 amide bonds. The Morgan fingerprint density at radius 1 is 1.64 bits per heavy atom. The highest BCUT2D eigenvalue weighted by Gasteiger charge is 2.15. The first-order chi connectivity index (χ1) is 6.57. The maximum atomic E-state index is 11.5. The lowest BCUT2D eigenvalue weighted by molar-refractivity contribution is -0.140. The fourth-order valence-corrected chi connectivity index (χ4v) is 1.07. The quantitative estimate of drug-likeness (QED) is 0.766. The van der Waals surface area contributed by atoms with Gasteiger partial charge < -0.3 is 9.84 Å². The van der Waals surface area contributed by atoms with E-state index in [-0.39, 0.29) is 5.75 Å². The van der Waals surface area contributed by atoms with Gasteiger partial charge in [-0.25, -0.2) is 4.79 Å². The van der Waals surface area contributed by atoms with Crippen molar-refractivity contribution >= 4 is 5.97 Å². The SMILES string of the molecule is COc1cccn([C@H](C)C(=O)O)c1=O. The van der Waals surface area contributed by atoms with Crippen molar-refractivity contribution in [1.29, 1.82) is 0 Å². The van der Waals surface area contributed by atoms with Crippen LogP contribution in [-0.4, -0.2) is 22.8 Å². The number of hydrogen-bond donors (Lipinski definition) is 1. The van der Waals surface area contributed by atoms with E-state index in [2.05, 4.69) is 0 Å². The molecule has 5 heteroatoms. The number of aromatic nitrogens is 1. The van der Waals surface area contributed by atoms with E-state index < -0.39 is 17.6 Å². The average molecular weight is 197 g/mol. The van der Waals surface area contributed by atoms with Crippen molar-refractivity contribution in [2.75, 3.05) is 7.11 Å². The van der Waals surface area contributed by atoms with Crippen LogP contribution in [0.2, 0.25) is 0 Å². The van der Waals surface area contributed by atoms with Crippen LogP contribution < -0.4 is 10.3 Å². The van der Waals surface area contributed by atoms with Crippen LogP contribution >= 0.6 is 0 Å². The van der Waals surface area contributed by atoms with Gasteiger partial charge in [-0.1, -0.05) is 0 Å². The molecule has 0 saturated carbocycles. The molecule has 0 aliphatic heterocycles. The van der Waals surface area contributed by atoms with E-state index in [0.29, 0.717) is 0 Å². The highest BCUT2D eigenvalue weighted by molar-refractivity contribution is 5.71. The van der Waals surface area contributed by atoms with Crippen molar-refractivity contribution in [1.82, 2.24) is 4.57 Å². The smallest absolute Gasteiger partial charge is 0.326 e. The lowest BCUT2D eigenvalue weighted by atomic mass is 10.3. The Kier molecular flexibility index (Phi) is 2.91. The molecule has 1 N–H and O–H groups in total. The molecule has 1 aromatic rings. The molecule has 0 aliphatic carbocycles. The Balaban J connectivity index is 3.23. The number of carbonyl (C=O) groups is 1. The number of rotatable bonds is 3. The molecule has 0 fully saturated rings. The van der Waals surface area contributed by atoms with E-state index in [9.17, 15) is 9.59 Å². The van der Waals surface area contributed by atoms with Crippen molar-refractivity contribution < 1.29 is 14.6 Å². The number of carboxylic acid groups (broad SMARTS) is 1. The lowest BCUT2D eigenvalue weighted by Crippen LogP contribution is -2.27. The molecule has 14 heavy (non-hydrogen) atoms. The van der Waals surface area contributed by atoms with Gasteiger partial charge in [-0.3, -0.25) is 9.36 Å². The zero-order chi connectivity index (χ0) is 10.7. The third-order valence-electron chi connectivity index (χ3n) is 1.93. The minimum atomic E-state index is -1.06. The van der Waals surface area contributed by atoms with Crippen LogP contribution in [0.5, 0.6) is 5.75 Å².